The van der Waals surface area contributed by atoms with Crippen molar-refractivity contribution in [3.05, 3.63) is 76.2 Å². The molecule has 1 aromatic heterocycles. The van der Waals surface area contributed by atoms with Crippen molar-refractivity contribution >= 4 is 11.8 Å². The van der Waals surface area contributed by atoms with Gasteiger partial charge in [0.15, 0.2) is 0 Å². The van der Waals surface area contributed by atoms with Gasteiger partial charge in [-0.1, -0.05) is 18.2 Å². The fourth-order valence-electron chi connectivity index (χ4n) is 2.49. The van der Waals surface area contributed by atoms with Gasteiger partial charge in [-0.3, -0.25) is 9.48 Å². The highest BCUT2D eigenvalue weighted by Gasteiger charge is 2.15. The van der Waals surface area contributed by atoms with Crippen LogP contribution in [0.4, 0.5) is 0 Å². The van der Waals surface area contributed by atoms with E-state index in [1.807, 2.05) is 61.1 Å². The molecule has 5 heteroatoms. The second-order valence-electron chi connectivity index (χ2n) is 5.32. The number of para-hydroxylation sites is 1. The number of nitrogens with zero attached hydrogens (tertiary/aromatic N) is 2. The van der Waals surface area contributed by atoms with E-state index < -0.39 is 0 Å². The molecular weight excluding hydrogens is 308 g/mol. The van der Waals surface area contributed by atoms with E-state index in [1.165, 1.54) is 0 Å². The van der Waals surface area contributed by atoms with Gasteiger partial charge in [-0.15, -0.1) is 11.8 Å². The molecule has 4 nitrogen and oxygen atoms in total. The zero-order chi connectivity index (χ0) is 16.4. The number of phenols is 1. The lowest BCUT2D eigenvalue weighted by atomic mass is 10.3. The molecule has 3 rings (SSSR count). The molecule has 0 fully saturated rings. The van der Waals surface area contributed by atoms with Crippen LogP contribution in [0.5, 0.6) is 5.75 Å². The van der Waals surface area contributed by atoms with Crippen molar-refractivity contribution in [2.24, 2.45) is 7.05 Å². The van der Waals surface area contributed by atoms with E-state index in [-0.39, 0.29) is 11.3 Å². The molecule has 0 saturated carbocycles. The lowest BCUT2D eigenvalue weighted by Crippen LogP contribution is -2.20. The average Bonchev–Trinajstić information content (AvgIpc) is 2.78. The third kappa shape index (κ3) is 3.05. The molecule has 2 aromatic carbocycles. The number of hydrogen-bond acceptors (Lipinski definition) is 3. The zero-order valence-electron chi connectivity index (χ0n) is 13.1. The molecule has 118 valence electrons. The van der Waals surface area contributed by atoms with E-state index in [0.29, 0.717) is 5.75 Å². The summed E-state index contributed by atoms with van der Waals surface area (Å²) in [6, 6.07) is 16.7. The Labute approximate surface area is 139 Å². The summed E-state index contributed by atoms with van der Waals surface area (Å²) in [4.78, 5) is 13.8. The van der Waals surface area contributed by atoms with Gasteiger partial charge >= 0.3 is 0 Å². The van der Waals surface area contributed by atoms with Gasteiger partial charge in [0.05, 0.1) is 11.3 Å². The molecule has 0 unspecified atom stereocenters. The highest BCUT2D eigenvalue weighted by atomic mass is 32.2. The van der Waals surface area contributed by atoms with E-state index in [2.05, 4.69) is 0 Å². The van der Waals surface area contributed by atoms with Crippen molar-refractivity contribution in [3.8, 4) is 11.4 Å². The van der Waals surface area contributed by atoms with Crippen molar-refractivity contribution < 1.29 is 5.11 Å². The predicted molar refractivity (Wildman–Crippen MR) is 93.4 cm³/mol. The summed E-state index contributed by atoms with van der Waals surface area (Å²) in [5.41, 5.74) is 2.64. The number of aromatic nitrogens is 2. The van der Waals surface area contributed by atoms with Gasteiger partial charge in [0.1, 0.15) is 5.75 Å². The summed E-state index contributed by atoms with van der Waals surface area (Å²) in [6.07, 6.45) is 0. The molecule has 0 radical (unpaired) electrons. The zero-order valence-corrected chi connectivity index (χ0v) is 13.9. The molecule has 0 aliphatic carbocycles. The summed E-state index contributed by atoms with van der Waals surface area (Å²) < 4.78 is 3.59. The molecule has 0 aliphatic heterocycles. The minimum atomic E-state index is 0.0162. The summed E-state index contributed by atoms with van der Waals surface area (Å²) in [5, 5.41) is 9.33. The van der Waals surface area contributed by atoms with Crippen LogP contribution in [0.2, 0.25) is 0 Å². The fourth-order valence-corrected chi connectivity index (χ4v) is 3.46. The molecule has 0 spiro atoms. The molecule has 0 aliphatic rings. The van der Waals surface area contributed by atoms with E-state index in [9.17, 15) is 9.90 Å². The minimum absolute atomic E-state index is 0.0162. The van der Waals surface area contributed by atoms with E-state index in [0.717, 1.165) is 21.8 Å². The Hall–Kier alpha value is -2.40. The quantitative estimate of drug-likeness (QED) is 0.747. The maximum atomic E-state index is 12.8. The number of rotatable bonds is 4. The van der Waals surface area contributed by atoms with Gasteiger partial charge in [0, 0.05) is 23.4 Å². The Kier molecular flexibility index (Phi) is 4.30. The number of aromatic hydroxyl groups is 1. The van der Waals surface area contributed by atoms with Crippen LogP contribution in [0.1, 0.15) is 11.3 Å². The van der Waals surface area contributed by atoms with Crippen molar-refractivity contribution in [2.45, 2.75) is 17.6 Å². The Balaban J connectivity index is 1.92. The first-order chi connectivity index (χ1) is 11.1. The van der Waals surface area contributed by atoms with Crippen LogP contribution in [0, 0.1) is 6.92 Å². The molecule has 0 saturated heterocycles. The molecule has 23 heavy (non-hydrogen) atoms. The van der Waals surface area contributed by atoms with Crippen LogP contribution in [-0.4, -0.2) is 14.5 Å². The lowest BCUT2D eigenvalue weighted by molar-refractivity contribution is 0.475. The third-order valence-electron chi connectivity index (χ3n) is 3.89. The molecule has 0 atom stereocenters. The second-order valence-corrected chi connectivity index (χ2v) is 6.37. The van der Waals surface area contributed by atoms with Gasteiger partial charge in [-0.2, -0.15) is 0 Å². The largest absolute Gasteiger partial charge is 0.508 e. The molecule has 3 aromatic rings. The SMILES string of the molecule is Cc1c(CSc2ccc(O)cc2)c(=O)n(-c2ccccc2)n1C. The van der Waals surface area contributed by atoms with Crippen molar-refractivity contribution in [1.29, 1.82) is 0 Å². The van der Waals surface area contributed by atoms with Crippen LogP contribution in [-0.2, 0) is 12.8 Å². The van der Waals surface area contributed by atoms with E-state index in [4.69, 9.17) is 0 Å². The molecule has 0 bridgehead atoms. The number of benzene rings is 2. The number of thioether (sulfide) groups is 1. The normalized spacial score (nSPS) is 10.9. The van der Waals surface area contributed by atoms with Crippen molar-refractivity contribution in [2.75, 3.05) is 0 Å². The first-order valence-corrected chi connectivity index (χ1v) is 8.31. The maximum Gasteiger partial charge on any atom is 0.275 e. The highest BCUT2D eigenvalue weighted by molar-refractivity contribution is 7.98. The van der Waals surface area contributed by atoms with Gasteiger partial charge < -0.3 is 5.11 Å². The van der Waals surface area contributed by atoms with Crippen LogP contribution >= 0.6 is 11.8 Å². The Morgan fingerprint density at radius 3 is 2.35 bits per heavy atom. The van der Waals surface area contributed by atoms with Crippen LogP contribution in [0.3, 0.4) is 0 Å². The standard InChI is InChI=1S/C18H18N2O2S/c1-13-17(12-23-16-10-8-15(21)9-11-16)18(22)20(19(13)2)14-6-4-3-5-7-14/h3-11,21H,12H2,1-2H3. The Morgan fingerprint density at radius 2 is 1.70 bits per heavy atom. The van der Waals surface area contributed by atoms with Crippen molar-refractivity contribution in [3.63, 3.8) is 0 Å². The number of phenolic OH excluding ortho intramolecular Hbond substituents is 1. The van der Waals surface area contributed by atoms with Gasteiger partial charge in [-0.05, 0) is 43.3 Å². The van der Waals surface area contributed by atoms with Crippen LogP contribution in [0.15, 0.2) is 64.3 Å². The van der Waals surface area contributed by atoms with Crippen LogP contribution < -0.4 is 5.56 Å². The van der Waals surface area contributed by atoms with E-state index in [1.54, 1.807) is 28.6 Å². The molecule has 1 heterocycles. The summed E-state index contributed by atoms with van der Waals surface area (Å²) >= 11 is 1.59. The second kappa shape index (κ2) is 6.38. The molecular formula is C18H18N2O2S. The maximum absolute atomic E-state index is 12.8. The van der Waals surface area contributed by atoms with Crippen LogP contribution in [0.25, 0.3) is 5.69 Å². The Morgan fingerprint density at radius 1 is 1.04 bits per heavy atom. The van der Waals surface area contributed by atoms with Gasteiger partial charge in [0.25, 0.3) is 5.56 Å². The third-order valence-corrected chi connectivity index (χ3v) is 4.93. The minimum Gasteiger partial charge on any atom is -0.508 e. The first-order valence-electron chi connectivity index (χ1n) is 7.32. The summed E-state index contributed by atoms with van der Waals surface area (Å²) in [5.74, 6) is 0.847. The summed E-state index contributed by atoms with van der Waals surface area (Å²) in [6.45, 7) is 1.97. The highest BCUT2D eigenvalue weighted by Crippen LogP contribution is 2.25. The number of hydrogen-bond donors (Lipinski definition) is 1. The van der Waals surface area contributed by atoms with Gasteiger partial charge in [0.2, 0.25) is 0 Å². The summed E-state index contributed by atoms with van der Waals surface area (Å²) in [7, 11) is 1.90. The smallest absolute Gasteiger partial charge is 0.275 e. The molecule has 1 N–H and O–H groups in total. The monoisotopic (exact) mass is 326 g/mol. The predicted octanol–water partition coefficient (Wildman–Crippen LogP) is 3.48. The molecule has 0 amide bonds. The van der Waals surface area contributed by atoms with E-state index >= 15 is 0 Å². The lowest BCUT2D eigenvalue weighted by Gasteiger charge is -2.07. The first kappa shape index (κ1) is 15.5. The van der Waals surface area contributed by atoms with Gasteiger partial charge in [-0.25, -0.2) is 4.68 Å². The Bertz CT molecular complexity index is 865. The topological polar surface area (TPSA) is 47.2 Å². The van der Waals surface area contributed by atoms with Crippen molar-refractivity contribution in [1.82, 2.24) is 9.36 Å². The average molecular weight is 326 g/mol. The fraction of sp³-hybridized carbons (Fsp3) is 0.167.